The maximum atomic E-state index is 12.1. The highest BCUT2D eigenvalue weighted by atomic mass is 32.2. The highest BCUT2D eigenvalue weighted by Crippen LogP contribution is 2.39. The molecule has 3 rings (SSSR count). The third-order valence-corrected chi connectivity index (χ3v) is 4.91. The molecule has 0 saturated heterocycles. The van der Waals surface area contributed by atoms with Crippen molar-refractivity contribution >= 4 is 23.4 Å². The van der Waals surface area contributed by atoms with Crippen LogP contribution in [0.1, 0.15) is 36.4 Å². The summed E-state index contributed by atoms with van der Waals surface area (Å²) >= 11 is 1.46. The number of ether oxygens (including phenoxy) is 1. The number of hydrogen-bond acceptors (Lipinski definition) is 5. The summed E-state index contributed by atoms with van der Waals surface area (Å²) in [6.45, 7) is 0. The standard InChI is InChI=1S/C19H19N3O2S/c1-24-16-4-2-3-15(11-16)21-18(23)9-10-25-19-14(12-20)7-8-17(22-19)13-5-6-13/h2-4,7-8,11,13H,5-6,9-10H2,1H3,(H,21,23). The van der Waals surface area contributed by atoms with Crippen LogP contribution in [0.3, 0.4) is 0 Å². The minimum Gasteiger partial charge on any atom is -0.497 e. The first-order valence-electron chi connectivity index (χ1n) is 8.17. The summed E-state index contributed by atoms with van der Waals surface area (Å²) < 4.78 is 5.14. The van der Waals surface area contributed by atoms with Crippen molar-refractivity contribution < 1.29 is 9.53 Å². The van der Waals surface area contributed by atoms with E-state index in [2.05, 4.69) is 16.4 Å². The number of methoxy groups -OCH3 is 1. The maximum Gasteiger partial charge on any atom is 0.225 e. The monoisotopic (exact) mass is 353 g/mol. The lowest BCUT2D eigenvalue weighted by molar-refractivity contribution is -0.115. The molecule has 1 aliphatic rings. The lowest BCUT2D eigenvalue weighted by atomic mass is 10.2. The summed E-state index contributed by atoms with van der Waals surface area (Å²) in [5, 5.41) is 12.8. The van der Waals surface area contributed by atoms with E-state index in [0.717, 1.165) is 10.7 Å². The maximum absolute atomic E-state index is 12.1. The molecule has 6 heteroatoms. The zero-order chi connectivity index (χ0) is 17.6. The third kappa shape index (κ3) is 4.74. The first-order valence-corrected chi connectivity index (χ1v) is 9.16. The quantitative estimate of drug-likeness (QED) is 0.763. The van der Waals surface area contributed by atoms with Gasteiger partial charge < -0.3 is 10.1 Å². The second-order valence-corrected chi connectivity index (χ2v) is 6.94. The Bertz CT molecular complexity index is 813. The number of nitriles is 1. The molecule has 128 valence electrons. The predicted molar refractivity (Wildman–Crippen MR) is 97.9 cm³/mol. The van der Waals surface area contributed by atoms with Crippen LogP contribution >= 0.6 is 11.8 Å². The van der Waals surface area contributed by atoms with Gasteiger partial charge in [-0.15, -0.1) is 11.8 Å². The molecule has 0 radical (unpaired) electrons. The van der Waals surface area contributed by atoms with Gasteiger partial charge in [-0.25, -0.2) is 4.98 Å². The van der Waals surface area contributed by atoms with E-state index in [9.17, 15) is 10.1 Å². The van der Waals surface area contributed by atoms with Gasteiger partial charge in [-0.3, -0.25) is 4.79 Å². The molecule has 25 heavy (non-hydrogen) atoms. The largest absolute Gasteiger partial charge is 0.497 e. The molecule has 0 bridgehead atoms. The van der Waals surface area contributed by atoms with E-state index in [-0.39, 0.29) is 5.91 Å². The molecular weight excluding hydrogens is 334 g/mol. The van der Waals surface area contributed by atoms with Crippen molar-refractivity contribution in [2.75, 3.05) is 18.2 Å². The Kier molecular flexibility index (Phi) is 5.56. The number of anilines is 1. The number of nitrogens with zero attached hydrogens (tertiary/aromatic N) is 2. The predicted octanol–water partition coefficient (Wildman–Crippen LogP) is 3.96. The third-order valence-electron chi connectivity index (χ3n) is 3.92. The van der Waals surface area contributed by atoms with E-state index >= 15 is 0 Å². The van der Waals surface area contributed by atoms with Crippen molar-refractivity contribution in [2.45, 2.75) is 30.2 Å². The van der Waals surface area contributed by atoms with Crippen LogP contribution in [0.4, 0.5) is 5.69 Å². The first kappa shape index (κ1) is 17.3. The number of hydrogen-bond donors (Lipinski definition) is 1. The number of carbonyl (C=O) groups is 1. The summed E-state index contributed by atoms with van der Waals surface area (Å²) in [5.74, 6) is 1.75. The van der Waals surface area contributed by atoms with Gasteiger partial charge in [-0.1, -0.05) is 6.07 Å². The number of benzene rings is 1. The Morgan fingerprint density at radius 3 is 2.96 bits per heavy atom. The Morgan fingerprint density at radius 2 is 2.24 bits per heavy atom. The van der Waals surface area contributed by atoms with Gasteiger partial charge >= 0.3 is 0 Å². The summed E-state index contributed by atoms with van der Waals surface area (Å²) in [6.07, 6.45) is 2.69. The second kappa shape index (κ2) is 8.04. The van der Waals surface area contributed by atoms with Crippen molar-refractivity contribution in [3.05, 3.63) is 47.7 Å². The molecule has 0 spiro atoms. The number of rotatable bonds is 7. The second-order valence-electron chi connectivity index (χ2n) is 5.85. The molecule has 2 aromatic rings. The topological polar surface area (TPSA) is 75.0 Å². The van der Waals surface area contributed by atoms with Gasteiger partial charge in [0.2, 0.25) is 5.91 Å². The molecule has 1 aromatic heterocycles. The molecule has 0 atom stereocenters. The van der Waals surface area contributed by atoms with Gasteiger partial charge in [-0.2, -0.15) is 5.26 Å². The number of amides is 1. The fourth-order valence-corrected chi connectivity index (χ4v) is 3.34. The Labute approximate surface area is 151 Å². The summed E-state index contributed by atoms with van der Waals surface area (Å²) in [4.78, 5) is 16.7. The van der Waals surface area contributed by atoms with Gasteiger partial charge in [0.25, 0.3) is 0 Å². The molecule has 1 fully saturated rings. The molecule has 1 amide bonds. The lowest BCUT2D eigenvalue weighted by Gasteiger charge is -2.08. The molecule has 5 nitrogen and oxygen atoms in total. The highest BCUT2D eigenvalue weighted by molar-refractivity contribution is 7.99. The van der Waals surface area contributed by atoms with Gasteiger partial charge in [0.05, 0.1) is 12.7 Å². The zero-order valence-electron chi connectivity index (χ0n) is 14.0. The smallest absolute Gasteiger partial charge is 0.225 e. The van der Waals surface area contributed by atoms with E-state index in [0.29, 0.717) is 35.1 Å². The van der Waals surface area contributed by atoms with Crippen LogP contribution in [-0.2, 0) is 4.79 Å². The SMILES string of the molecule is COc1cccc(NC(=O)CCSc2nc(C3CC3)ccc2C#N)c1. The highest BCUT2D eigenvalue weighted by Gasteiger charge is 2.25. The van der Waals surface area contributed by atoms with Gasteiger partial charge in [0.1, 0.15) is 16.8 Å². The van der Waals surface area contributed by atoms with Crippen LogP contribution in [0.15, 0.2) is 41.4 Å². The van der Waals surface area contributed by atoms with E-state index in [4.69, 9.17) is 4.74 Å². The fraction of sp³-hybridized carbons (Fsp3) is 0.316. The molecular formula is C19H19N3O2S. The normalized spacial score (nSPS) is 13.1. The molecule has 1 aliphatic carbocycles. The van der Waals surface area contributed by atoms with E-state index in [1.807, 2.05) is 30.3 Å². The van der Waals surface area contributed by atoms with Crippen LogP contribution in [0.5, 0.6) is 5.75 Å². The van der Waals surface area contributed by atoms with E-state index in [1.54, 1.807) is 13.2 Å². The molecule has 0 unspecified atom stereocenters. The first-order chi connectivity index (χ1) is 12.2. The lowest BCUT2D eigenvalue weighted by Crippen LogP contribution is -2.12. The number of nitrogens with one attached hydrogen (secondary N) is 1. The zero-order valence-corrected chi connectivity index (χ0v) is 14.8. The fourth-order valence-electron chi connectivity index (χ4n) is 2.42. The Morgan fingerprint density at radius 1 is 1.40 bits per heavy atom. The van der Waals surface area contributed by atoms with E-state index < -0.39 is 0 Å². The minimum atomic E-state index is -0.0717. The van der Waals surface area contributed by atoms with Crippen LogP contribution in [0.25, 0.3) is 0 Å². The van der Waals surface area contributed by atoms with Crippen molar-refractivity contribution in [3.8, 4) is 11.8 Å². The molecule has 1 N–H and O–H groups in total. The average molecular weight is 353 g/mol. The van der Waals surface area contributed by atoms with Crippen LogP contribution in [0.2, 0.25) is 0 Å². The summed E-state index contributed by atoms with van der Waals surface area (Å²) in [5.41, 5.74) is 2.34. The van der Waals surface area contributed by atoms with Gasteiger partial charge in [-0.05, 0) is 37.1 Å². The summed E-state index contributed by atoms with van der Waals surface area (Å²) in [7, 11) is 1.59. The Balaban J connectivity index is 1.54. The van der Waals surface area contributed by atoms with Crippen molar-refractivity contribution in [2.24, 2.45) is 0 Å². The van der Waals surface area contributed by atoms with Crippen LogP contribution in [0, 0.1) is 11.3 Å². The number of aromatic nitrogens is 1. The van der Waals surface area contributed by atoms with E-state index in [1.165, 1.54) is 24.6 Å². The minimum absolute atomic E-state index is 0.0717. The number of thioether (sulfide) groups is 1. The van der Waals surface area contributed by atoms with Crippen molar-refractivity contribution in [1.29, 1.82) is 5.26 Å². The van der Waals surface area contributed by atoms with Crippen molar-refractivity contribution in [1.82, 2.24) is 4.98 Å². The molecule has 0 aliphatic heterocycles. The molecule has 1 heterocycles. The number of pyridine rings is 1. The van der Waals surface area contributed by atoms with Gasteiger partial charge in [0.15, 0.2) is 0 Å². The molecule has 1 aromatic carbocycles. The summed E-state index contributed by atoms with van der Waals surface area (Å²) in [6, 6.07) is 13.2. The van der Waals surface area contributed by atoms with Crippen LogP contribution < -0.4 is 10.1 Å². The number of carbonyl (C=O) groups excluding carboxylic acids is 1. The average Bonchev–Trinajstić information content (AvgIpc) is 3.47. The van der Waals surface area contributed by atoms with Crippen molar-refractivity contribution in [3.63, 3.8) is 0 Å². The van der Waals surface area contributed by atoms with Crippen LogP contribution in [-0.4, -0.2) is 23.8 Å². The molecule has 1 saturated carbocycles. The Hall–Kier alpha value is -2.52. The van der Waals surface area contributed by atoms with Gasteiger partial charge in [0, 0.05) is 35.5 Å².